The molecule has 9 heteroatoms. The zero-order chi connectivity index (χ0) is 19.9. The molecule has 0 unspecified atom stereocenters. The Labute approximate surface area is 162 Å². The van der Waals surface area contributed by atoms with Gasteiger partial charge in [-0.25, -0.2) is 8.78 Å². The third-order valence-corrected chi connectivity index (χ3v) is 5.77. The standard InChI is InChI=1S/C19H25F2N3O4/c1-12(25)22-8-14(26)9-23-13-6-15(20)17(16(21)7-13)24-10-18(2-3-18)19(11-24)27-4-5-28-19/h6-7,14,23,26H,2-5,8-11H2,1H3,(H,22,25)/t14-/m0/s1. The number of benzene rings is 1. The van der Waals surface area contributed by atoms with Crippen molar-refractivity contribution < 1.29 is 28.2 Å². The van der Waals surface area contributed by atoms with Crippen molar-refractivity contribution in [1.29, 1.82) is 0 Å². The lowest BCUT2D eigenvalue weighted by Gasteiger charge is -2.28. The first-order valence-electron chi connectivity index (χ1n) is 9.52. The topological polar surface area (TPSA) is 83.1 Å². The molecule has 1 saturated carbocycles. The average Bonchev–Trinajstić information content (AvgIpc) is 3.14. The van der Waals surface area contributed by atoms with Crippen molar-refractivity contribution in [3.05, 3.63) is 23.8 Å². The van der Waals surface area contributed by atoms with Crippen LogP contribution in [0.1, 0.15) is 19.8 Å². The Morgan fingerprint density at radius 1 is 1.21 bits per heavy atom. The van der Waals surface area contributed by atoms with Crippen molar-refractivity contribution in [2.45, 2.75) is 31.7 Å². The highest BCUT2D eigenvalue weighted by Gasteiger charge is 2.68. The van der Waals surface area contributed by atoms with E-state index in [1.165, 1.54) is 19.1 Å². The van der Waals surface area contributed by atoms with Crippen molar-refractivity contribution in [2.75, 3.05) is 49.6 Å². The summed E-state index contributed by atoms with van der Waals surface area (Å²) in [6.07, 6.45) is 0.983. The molecule has 2 heterocycles. The van der Waals surface area contributed by atoms with Gasteiger partial charge in [-0.1, -0.05) is 0 Å². The number of anilines is 2. The van der Waals surface area contributed by atoms with Gasteiger partial charge in [-0.2, -0.15) is 0 Å². The van der Waals surface area contributed by atoms with Crippen LogP contribution >= 0.6 is 0 Å². The van der Waals surface area contributed by atoms with Gasteiger partial charge in [-0.05, 0) is 25.0 Å². The normalized spacial score (nSPS) is 22.6. The minimum absolute atomic E-state index is 0.0517. The number of aliphatic hydroxyl groups excluding tert-OH is 1. The maximum Gasteiger partial charge on any atom is 0.216 e. The highest BCUT2D eigenvalue weighted by Crippen LogP contribution is 2.62. The van der Waals surface area contributed by atoms with E-state index in [9.17, 15) is 18.7 Å². The number of hydrogen-bond acceptors (Lipinski definition) is 6. The van der Waals surface area contributed by atoms with E-state index in [-0.39, 0.29) is 35.8 Å². The van der Waals surface area contributed by atoms with Crippen molar-refractivity contribution in [3.8, 4) is 0 Å². The van der Waals surface area contributed by atoms with Crippen LogP contribution in [0.3, 0.4) is 0 Å². The summed E-state index contributed by atoms with van der Waals surface area (Å²) >= 11 is 0. The maximum atomic E-state index is 14.8. The monoisotopic (exact) mass is 397 g/mol. The molecule has 2 saturated heterocycles. The van der Waals surface area contributed by atoms with Gasteiger partial charge in [0.15, 0.2) is 17.4 Å². The molecule has 1 aliphatic carbocycles. The van der Waals surface area contributed by atoms with E-state index >= 15 is 0 Å². The molecule has 28 heavy (non-hydrogen) atoms. The molecule has 4 rings (SSSR count). The Morgan fingerprint density at radius 3 is 2.43 bits per heavy atom. The van der Waals surface area contributed by atoms with Gasteiger partial charge in [-0.15, -0.1) is 0 Å². The fourth-order valence-electron chi connectivity index (χ4n) is 4.20. The van der Waals surface area contributed by atoms with Crippen LogP contribution in [0.4, 0.5) is 20.2 Å². The number of aliphatic hydroxyl groups is 1. The third-order valence-electron chi connectivity index (χ3n) is 5.77. The van der Waals surface area contributed by atoms with Crippen molar-refractivity contribution in [3.63, 3.8) is 0 Å². The molecule has 0 aromatic heterocycles. The zero-order valence-electron chi connectivity index (χ0n) is 15.8. The number of ether oxygens (including phenoxy) is 2. The molecule has 0 radical (unpaired) electrons. The molecule has 1 aromatic rings. The van der Waals surface area contributed by atoms with E-state index in [0.29, 0.717) is 26.3 Å². The van der Waals surface area contributed by atoms with Crippen LogP contribution in [0.5, 0.6) is 0 Å². The molecule has 3 aliphatic rings. The van der Waals surface area contributed by atoms with Gasteiger partial charge in [0.2, 0.25) is 5.91 Å². The van der Waals surface area contributed by atoms with Crippen LogP contribution in [0.15, 0.2) is 12.1 Å². The molecule has 1 atom stereocenters. The van der Waals surface area contributed by atoms with Crippen LogP contribution < -0.4 is 15.5 Å². The number of carbonyl (C=O) groups excluding carboxylic acids is 1. The lowest BCUT2D eigenvalue weighted by molar-refractivity contribution is -0.178. The van der Waals surface area contributed by atoms with Gasteiger partial charge in [0.25, 0.3) is 0 Å². The molecule has 7 nitrogen and oxygen atoms in total. The van der Waals surface area contributed by atoms with E-state index in [4.69, 9.17) is 9.47 Å². The maximum absolute atomic E-state index is 14.8. The Balaban J connectivity index is 1.44. The summed E-state index contributed by atoms with van der Waals surface area (Å²) in [6.45, 7) is 3.28. The van der Waals surface area contributed by atoms with Gasteiger partial charge in [0.1, 0.15) is 5.69 Å². The van der Waals surface area contributed by atoms with Gasteiger partial charge in [-0.3, -0.25) is 4.79 Å². The number of nitrogens with zero attached hydrogens (tertiary/aromatic N) is 1. The van der Waals surface area contributed by atoms with Crippen LogP contribution in [-0.4, -0.2) is 62.3 Å². The number of fused-ring (bicyclic) bond motifs is 1. The smallest absolute Gasteiger partial charge is 0.216 e. The van der Waals surface area contributed by atoms with Crippen LogP contribution in [0.2, 0.25) is 0 Å². The second-order valence-electron chi connectivity index (χ2n) is 7.85. The molecular formula is C19H25F2N3O4. The first-order valence-corrected chi connectivity index (χ1v) is 9.52. The highest BCUT2D eigenvalue weighted by molar-refractivity contribution is 5.72. The third kappa shape index (κ3) is 3.42. The summed E-state index contributed by atoms with van der Waals surface area (Å²) in [5.74, 6) is -2.36. The number of nitrogens with one attached hydrogen (secondary N) is 2. The highest BCUT2D eigenvalue weighted by atomic mass is 19.1. The van der Waals surface area contributed by atoms with Crippen molar-refractivity contribution >= 4 is 17.3 Å². The number of rotatable bonds is 6. The molecule has 2 spiro atoms. The lowest BCUT2D eigenvalue weighted by Crippen LogP contribution is -2.40. The van der Waals surface area contributed by atoms with Crippen LogP contribution in [0.25, 0.3) is 0 Å². The summed E-state index contributed by atoms with van der Waals surface area (Å²) in [5.41, 5.74) is -0.0248. The van der Waals surface area contributed by atoms with Gasteiger partial charge < -0.3 is 30.1 Å². The fraction of sp³-hybridized carbons (Fsp3) is 0.632. The van der Waals surface area contributed by atoms with Gasteiger partial charge >= 0.3 is 0 Å². The summed E-state index contributed by atoms with van der Waals surface area (Å²) in [7, 11) is 0. The molecule has 1 aromatic carbocycles. The predicted molar refractivity (Wildman–Crippen MR) is 98.1 cm³/mol. The minimum Gasteiger partial charge on any atom is -0.389 e. The van der Waals surface area contributed by atoms with Crippen LogP contribution in [0, 0.1) is 17.0 Å². The second-order valence-corrected chi connectivity index (χ2v) is 7.85. The first-order chi connectivity index (χ1) is 13.3. The zero-order valence-corrected chi connectivity index (χ0v) is 15.8. The molecule has 0 bridgehead atoms. The largest absolute Gasteiger partial charge is 0.389 e. The minimum atomic E-state index is -0.875. The molecule has 2 aliphatic heterocycles. The molecule has 3 fully saturated rings. The van der Waals surface area contributed by atoms with Gasteiger partial charge in [0, 0.05) is 37.7 Å². The first kappa shape index (κ1) is 19.4. The number of amides is 1. The average molecular weight is 397 g/mol. The van der Waals surface area contributed by atoms with E-state index < -0.39 is 23.5 Å². The van der Waals surface area contributed by atoms with E-state index in [0.717, 1.165) is 12.8 Å². The lowest BCUT2D eigenvalue weighted by atomic mass is 10.00. The summed E-state index contributed by atoms with van der Waals surface area (Å²) in [4.78, 5) is 12.5. The number of halogens is 2. The second kappa shape index (κ2) is 7.13. The van der Waals surface area contributed by atoms with E-state index in [1.807, 2.05) is 0 Å². The van der Waals surface area contributed by atoms with E-state index in [1.54, 1.807) is 4.90 Å². The van der Waals surface area contributed by atoms with Crippen molar-refractivity contribution in [2.24, 2.45) is 5.41 Å². The number of carbonyl (C=O) groups is 1. The quantitative estimate of drug-likeness (QED) is 0.670. The Bertz CT molecular complexity index is 743. The summed E-state index contributed by atoms with van der Waals surface area (Å²) < 4.78 is 41.3. The van der Waals surface area contributed by atoms with E-state index in [2.05, 4.69) is 10.6 Å². The summed E-state index contributed by atoms with van der Waals surface area (Å²) in [5, 5.41) is 15.1. The Kier molecular flexibility index (Phi) is 4.93. The molecule has 154 valence electrons. The van der Waals surface area contributed by atoms with Crippen molar-refractivity contribution in [1.82, 2.24) is 5.32 Å². The van der Waals surface area contributed by atoms with Crippen LogP contribution in [-0.2, 0) is 14.3 Å². The fourth-order valence-corrected chi connectivity index (χ4v) is 4.20. The molecule has 3 N–H and O–H groups in total. The SMILES string of the molecule is CC(=O)NC[C@H](O)CNc1cc(F)c(N2CC3(CC3)C3(C2)OCCO3)c(F)c1. The summed E-state index contributed by atoms with van der Waals surface area (Å²) in [6, 6.07) is 2.43. The molecule has 1 amide bonds. The predicted octanol–water partition coefficient (Wildman–Crippen LogP) is 1.22. The molecular weight excluding hydrogens is 372 g/mol. The Morgan fingerprint density at radius 2 is 1.86 bits per heavy atom. The van der Waals surface area contributed by atoms with Gasteiger partial charge in [0.05, 0.1) is 25.9 Å². The Hall–Kier alpha value is -1.97. The number of hydrogen-bond donors (Lipinski definition) is 3.